The lowest BCUT2D eigenvalue weighted by Crippen LogP contribution is -2.28. The maximum atomic E-state index is 4.44. The van der Waals surface area contributed by atoms with Crippen molar-refractivity contribution >= 4 is 5.95 Å². The highest BCUT2D eigenvalue weighted by Crippen LogP contribution is 2.36. The first-order valence-electron chi connectivity index (χ1n) is 6.80. The van der Waals surface area contributed by atoms with Crippen LogP contribution in [-0.4, -0.2) is 29.7 Å². The van der Waals surface area contributed by atoms with Crippen molar-refractivity contribution in [2.24, 2.45) is 12.5 Å². The molecule has 1 N–H and O–H groups in total. The number of imidazole rings is 1. The van der Waals surface area contributed by atoms with Crippen LogP contribution in [0.1, 0.15) is 38.8 Å². The second-order valence-electron chi connectivity index (χ2n) is 6.49. The molecule has 4 heteroatoms. The highest BCUT2D eigenvalue weighted by Gasteiger charge is 2.30. The van der Waals surface area contributed by atoms with E-state index in [1.165, 1.54) is 25.0 Å². The third-order valence-corrected chi connectivity index (χ3v) is 4.00. The summed E-state index contributed by atoms with van der Waals surface area (Å²) in [6.45, 7) is 5.64. The predicted octanol–water partition coefficient (Wildman–Crippen LogP) is 2.15. The summed E-state index contributed by atoms with van der Waals surface area (Å²) < 4.78 is 2.16. The standard InChI is InChI=1S/C14H26N4/c1-14(2)7-6-11(8-14)15-9-12-10-16-13(17(3)4)18(12)5/h10-11,15H,6-9H2,1-5H3. The molecule has 1 heterocycles. The van der Waals surface area contributed by atoms with Crippen molar-refractivity contribution in [1.82, 2.24) is 14.9 Å². The van der Waals surface area contributed by atoms with E-state index in [1.807, 2.05) is 25.2 Å². The molecule has 1 saturated carbocycles. The van der Waals surface area contributed by atoms with E-state index in [9.17, 15) is 0 Å². The topological polar surface area (TPSA) is 33.1 Å². The van der Waals surface area contributed by atoms with E-state index in [-0.39, 0.29) is 0 Å². The normalized spacial score (nSPS) is 22.4. The molecule has 0 amide bonds. The van der Waals surface area contributed by atoms with Gasteiger partial charge in [0, 0.05) is 33.7 Å². The van der Waals surface area contributed by atoms with E-state index >= 15 is 0 Å². The number of nitrogens with one attached hydrogen (secondary N) is 1. The van der Waals surface area contributed by atoms with Crippen molar-refractivity contribution in [2.75, 3.05) is 19.0 Å². The lowest BCUT2D eigenvalue weighted by molar-refractivity contribution is 0.363. The van der Waals surface area contributed by atoms with Crippen LogP contribution in [0.2, 0.25) is 0 Å². The highest BCUT2D eigenvalue weighted by molar-refractivity contribution is 5.30. The van der Waals surface area contributed by atoms with E-state index in [1.54, 1.807) is 0 Å². The molecule has 1 unspecified atom stereocenters. The van der Waals surface area contributed by atoms with Gasteiger partial charge in [-0.05, 0) is 24.7 Å². The van der Waals surface area contributed by atoms with Gasteiger partial charge in [0.05, 0.1) is 11.9 Å². The van der Waals surface area contributed by atoms with Crippen LogP contribution in [0.25, 0.3) is 0 Å². The van der Waals surface area contributed by atoms with Gasteiger partial charge in [-0.2, -0.15) is 0 Å². The molecule has 1 aromatic rings. The van der Waals surface area contributed by atoms with Crippen LogP contribution >= 0.6 is 0 Å². The number of rotatable bonds is 4. The van der Waals surface area contributed by atoms with Gasteiger partial charge in [0.25, 0.3) is 0 Å². The van der Waals surface area contributed by atoms with Gasteiger partial charge in [-0.15, -0.1) is 0 Å². The molecule has 18 heavy (non-hydrogen) atoms. The van der Waals surface area contributed by atoms with Crippen LogP contribution in [0.4, 0.5) is 5.95 Å². The SMILES string of the molecule is CN(C)c1ncc(CNC2CCC(C)(C)C2)n1C. The summed E-state index contributed by atoms with van der Waals surface area (Å²) in [7, 11) is 6.13. The number of anilines is 1. The molecule has 1 aliphatic carbocycles. The van der Waals surface area contributed by atoms with Crippen LogP contribution < -0.4 is 10.2 Å². The van der Waals surface area contributed by atoms with Crippen molar-refractivity contribution in [3.63, 3.8) is 0 Å². The van der Waals surface area contributed by atoms with Gasteiger partial charge < -0.3 is 14.8 Å². The summed E-state index contributed by atoms with van der Waals surface area (Å²) in [6.07, 6.45) is 5.89. The summed E-state index contributed by atoms with van der Waals surface area (Å²) >= 11 is 0. The lowest BCUT2D eigenvalue weighted by atomic mass is 9.92. The van der Waals surface area contributed by atoms with E-state index in [0.29, 0.717) is 11.5 Å². The Labute approximate surface area is 110 Å². The molecule has 102 valence electrons. The van der Waals surface area contributed by atoms with Crippen molar-refractivity contribution in [3.8, 4) is 0 Å². The molecular formula is C14H26N4. The molecule has 0 aromatic carbocycles. The van der Waals surface area contributed by atoms with Gasteiger partial charge in [0.15, 0.2) is 0 Å². The van der Waals surface area contributed by atoms with Gasteiger partial charge in [-0.1, -0.05) is 13.8 Å². The average Bonchev–Trinajstić information content (AvgIpc) is 2.79. The van der Waals surface area contributed by atoms with Crippen LogP contribution in [0.15, 0.2) is 6.20 Å². The first-order valence-corrected chi connectivity index (χ1v) is 6.80. The Balaban J connectivity index is 1.91. The third kappa shape index (κ3) is 2.86. The molecule has 0 aliphatic heterocycles. The Morgan fingerprint density at radius 1 is 1.50 bits per heavy atom. The van der Waals surface area contributed by atoms with Crippen LogP contribution in [0.3, 0.4) is 0 Å². The maximum absolute atomic E-state index is 4.44. The summed E-state index contributed by atoms with van der Waals surface area (Å²) in [5.41, 5.74) is 1.77. The molecule has 0 saturated heterocycles. The number of hydrogen-bond donors (Lipinski definition) is 1. The fourth-order valence-electron chi connectivity index (χ4n) is 2.87. The van der Waals surface area contributed by atoms with Crippen molar-refractivity contribution < 1.29 is 0 Å². The van der Waals surface area contributed by atoms with Gasteiger partial charge in [0.2, 0.25) is 5.95 Å². The van der Waals surface area contributed by atoms with Gasteiger partial charge in [0.1, 0.15) is 0 Å². The smallest absolute Gasteiger partial charge is 0.204 e. The van der Waals surface area contributed by atoms with E-state index in [0.717, 1.165) is 12.5 Å². The van der Waals surface area contributed by atoms with Crippen LogP contribution in [-0.2, 0) is 13.6 Å². The summed E-state index contributed by atoms with van der Waals surface area (Å²) in [4.78, 5) is 6.48. The first kappa shape index (κ1) is 13.4. The maximum Gasteiger partial charge on any atom is 0.204 e. The lowest BCUT2D eigenvalue weighted by Gasteiger charge is -2.18. The predicted molar refractivity (Wildman–Crippen MR) is 75.8 cm³/mol. The quantitative estimate of drug-likeness (QED) is 0.889. The fourth-order valence-corrected chi connectivity index (χ4v) is 2.87. The second kappa shape index (κ2) is 4.92. The van der Waals surface area contributed by atoms with Gasteiger partial charge in [-0.25, -0.2) is 4.98 Å². The number of nitrogens with zero attached hydrogens (tertiary/aromatic N) is 3. The Morgan fingerprint density at radius 2 is 2.22 bits per heavy atom. The van der Waals surface area contributed by atoms with E-state index in [4.69, 9.17) is 0 Å². The highest BCUT2D eigenvalue weighted by atomic mass is 15.3. The zero-order chi connectivity index (χ0) is 13.3. The summed E-state index contributed by atoms with van der Waals surface area (Å²) in [5.74, 6) is 1.01. The van der Waals surface area contributed by atoms with E-state index < -0.39 is 0 Å². The summed E-state index contributed by atoms with van der Waals surface area (Å²) in [5, 5.41) is 3.67. The minimum atomic E-state index is 0.513. The van der Waals surface area contributed by atoms with Crippen molar-refractivity contribution in [2.45, 2.75) is 45.7 Å². The molecule has 1 fully saturated rings. The summed E-state index contributed by atoms with van der Waals surface area (Å²) in [6, 6.07) is 0.665. The zero-order valence-electron chi connectivity index (χ0n) is 12.3. The Kier molecular flexibility index (Phi) is 3.66. The van der Waals surface area contributed by atoms with Crippen molar-refractivity contribution in [1.29, 1.82) is 0 Å². The fraction of sp³-hybridized carbons (Fsp3) is 0.786. The van der Waals surface area contributed by atoms with Gasteiger partial charge >= 0.3 is 0 Å². The molecule has 4 nitrogen and oxygen atoms in total. The Hall–Kier alpha value is -1.03. The monoisotopic (exact) mass is 250 g/mol. The molecule has 0 radical (unpaired) electrons. The molecule has 1 aromatic heterocycles. The number of hydrogen-bond acceptors (Lipinski definition) is 3. The van der Waals surface area contributed by atoms with Gasteiger partial charge in [-0.3, -0.25) is 0 Å². The molecule has 0 bridgehead atoms. The molecule has 1 aliphatic rings. The molecule has 2 rings (SSSR count). The van der Waals surface area contributed by atoms with Crippen LogP contribution in [0.5, 0.6) is 0 Å². The molecular weight excluding hydrogens is 224 g/mol. The Morgan fingerprint density at radius 3 is 2.72 bits per heavy atom. The van der Waals surface area contributed by atoms with Crippen LogP contribution in [0, 0.1) is 5.41 Å². The second-order valence-corrected chi connectivity index (χ2v) is 6.49. The molecule has 0 spiro atoms. The third-order valence-electron chi connectivity index (χ3n) is 4.00. The van der Waals surface area contributed by atoms with E-state index in [2.05, 4.69) is 35.8 Å². The zero-order valence-corrected chi connectivity index (χ0v) is 12.3. The minimum Gasteiger partial charge on any atom is -0.348 e. The number of aromatic nitrogens is 2. The van der Waals surface area contributed by atoms with Crippen molar-refractivity contribution in [3.05, 3.63) is 11.9 Å². The average molecular weight is 250 g/mol. The molecule has 1 atom stereocenters. The largest absolute Gasteiger partial charge is 0.348 e. The first-order chi connectivity index (χ1) is 8.39. The Bertz CT molecular complexity index is 406. The minimum absolute atomic E-state index is 0.513.